The monoisotopic (exact) mass is 265 g/mol. The zero-order valence-electron chi connectivity index (χ0n) is 11.0. The van der Waals surface area contributed by atoms with E-state index in [-0.39, 0.29) is 18.9 Å². The number of hydrogen-bond donors (Lipinski definition) is 2. The van der Waals surface area contributed by atoms with Gasteiger partial charge in [-0.05, 0) is 24.3 Å². The van der Waals surface area contributed by atoms with Gasteiger partial charge in [0.25, 0.3) is 0 Å². The zero-order valence-corrected chi connectivity index (χ0v) is 11.0. The van der Waals surface area contributed by atoms with Crippen LogP contribution in [0.5, 0.6) is 0 Å². The molecule has 0 bridgehead atoms. The summed E-state index contributed by atoms with van der Waals surface area (Å²) in [4.78, 5) is 16.1. The largest absolute Gasteiger partial charge is 0.325 e. The lowest BCUT2D eigenvalue weighted by Gasteiger charge is -2.07. The molecule has 0 saturated heterocycles. The number of carbonyl (C=O) groups excluding carboxylic acids is 1. The Kier molecular flexibility index (Phi) is 4.87. The van der Waals surface area contributed by atoms with Crippen LogP contribution in [0.2, 0.25) is 0 Å². The SMILES string of the molecule is NCC#Cc1ccccc1NC(=O)Cc1ccccn1. The van der Waals surface area contributed by atoms with E-state index < -0.39 is 0 Å². The van der Waals surface area contributed by atoms with Crippen LogP contribution in [0.3, 0.4) is 0 Å². The molecule has 1 heterocycles. The smallest absolute Gasteiger partial charge is 0.230 e. The molecule has 4 nitrogen and oxygen atoms in total. The molecule has 0 radical (unpaired) electrons. The minimum Gasteiger partial charge on any atom is -0.325 e. The molecule has 0 aliphatic heterocycles. The van der Waals surface area contributed by atoms with E-state index in [9.17, 15) is 4.79 Å². The second-order valence-corrected chi connectivity index (χ2v) is 4.10. The maximum Gasteiger partial charge on any atom is 0.230 e. The van der Waals surface area contributed by atoms with Crippen molar-refractivity contribution in [3.8, 4) is 11.8 Å². The summed E-state index contributed by atoms with van der Waals surface area (Å²) in [5.41, 5.74) is 7.54. The number of para-hydroxylation sites is 1. The lowest BCUT2D eigenvalue weighted by molar-refractivity contribution is -0.115. The predicted molar refractivity (Wildman–Crippen MR) is 78.9 cm³/mol. The average molecular weight is 265 g/mol. The van der Waals surface area contributed by atoms with Crippen molar-refractivity contribution >= 4 is 11.6 Å². The number of pyridine rings is 1. The predicted octanol–water partition coefficient (Wildman–Crippen LogP) is 1.57. The average Bonchev–Trinajstić information content (AvgIpc) is 2.47. The molecule has 3 N–H and O–H groups in total. The standard InChI is InChI=1S/C16H15N3O/c17-10-5-7-13-6-1-2-9-15(13)19-16(20)12-14-8-3-4-11-18-14/h1-4,6,8-9,11H,10,12,17H2,(H,19,20). The lowest BCUT2D eigenvalue weighted by Crippen LogP contribution is -2.15. The van der Waals surface area contributed by atoms with E-state index in [0.717, 1.165) is 11.3 Å². The Morgan fingerprint density at radius 2 is 2.00 bits per heavy atom. The van der Waals surface area contributed by atoms with E-state index in [1.165, 1.54) is 0 Å². The van der Waals surface area contributed by atoms with Crippen LogP contribution in [0.25, 0.3) is 0 Å². The van der Waals surface area contributed by atoms with Gasteiger partial charge >= 0.3 is 0 Å². The summed E-state index contributed by atoms with van der Waals surface area (Å²) in [7, 11) is 0. The van der Waals surface area contributed by atoms with Crippen LogP contribution < -0.4 is 11.1 Å². The third-order valence-corrected chi connectivity index (χ3v) is 2.59. The number of nitrogens with zero attached hydrogens (tertiary/aromatic N) is 1. The van der Waals surface area contributed by atoms with E-state index in [1.807, 2.05) is 42.5 Å². The Bertz CT molecular complexity index is 642. The second-order valence-electron chi connectivity index (χ2n) is 4.10. The Labute approximate surface area is 118 Å². The first kappa shape index (κ1) is 13.8. The van der Waals surface area contributed by atoms with Gasteiger partial charge in [0.2, 0.25) is 5.91 Å². The van der Waals surface area contributed by atoms with E-state index in [4.69, 9.17) is 5.73 Å². The number of carbonyl (C=O) groups is 1. The Balaban J connectivity index is 2.08. The van der Waals surface area contributed by atoms with Crippen molar-refractivity contribution in [2.75, 3.05) is 11.9 Å². The minimum atomic E-state index is -0.120. The van der Waals surface area contributed by atoms with Gasteiger partial charge in [0.1, 0.15) is 0 Å². The number of nitrogens with two attached hydrogens (primary N) is 1. The van der Waals surface area contributed by atoms with Crippen LogP contribution in [0, 0.1) is 11.8 Å². The highest BCUT2D eigenvalue weighted by molar-refractivity contribution is 5.93. The number of hydrogen-bond acceptors (Lipinski definition) is 3. The number of amides is 1. The van der Waals surface area contributed by atoms with E-state index in [0.29, 0.717) is 5.69 Å². The maximum atomic E-state index is 12.0. The highest BCUT2D eigenvalue weighted by atomic mass is 16.1. The Morgan fingerprint density at radius 1 is 1.20 bits per heavy atom. The summed E-state index contributed by atoms with van der Waals surface area (Å²) in [6.45, 7) is 0.288. The summed E-state index contributed by atoms with van der Waals surface area (Å²) in [5, 5.41) is 2.85. The van der Waals surface area contributed by atoms with Crippen LogP contribution in [0.15, 0.2) is 48.7 Å². The van der Waals surface area contributed by atoms with Crippen LogP contribution in [0.4, 0.5) is 5.69 Å². The molecule has 0 saturated carbocycles. The molecule has 0 unspecified atom stereocenters. The van der Waals surface area contributed by atoms with Crippen LogP contribution >= 0.6 is 0 Å². The third-order valence-electron chi connectivity index (χ3n) is 2.59. The summed E-state index contributed by atoms with van der Waals surface area (Å²) in [5.74, 6) is 5.60. The summed E-state index contributed by atoms with van der Waals surface area (Å²) in [6.07, 6.45) is 1.91. The normalized spacial score (nSPS) is 9.45. The van der Waals surface area contributed by atoms with Crippen LogP contribution in [-0.4, -0.2) is 17.4 Å². The zero-order chi connectivity index (χ0) is 14.2. The number of benzene rings is 1. The molecule has 0 aliphatic carbocycles. The molecule has 0 spiro atoms. The van der Waals surface area contributed by atoms with Gasteiger partial charge in [0, 0.05) is 17.5 Å². The van der Waals surface area contributed by atoms with E-state index in [1.54, 1.807) is 6.20 Å². The van der Waals surface area contributed by atoms with Gasteiger partial charge in [-0.1, -0.05) is 30.0 Å². The van der Waals surface area contributed by atoms with Crippen molar-refractivity contribution in [3.05, 3.63) is 59.9 Å². The summed E-state index contributed by atoms with van der Waals surface area (Å²) >= 11 is 0. The van der Waals surface area contributed by atoms with Gasteiger partial charge in [-0.15, -0.1) is 0 Å². The molecule has 2 rings (SSSR count). The number of anilines is 1. The molecule has 0 fully saturated rings. The minimum absolute atomic E-state index is 0.120. The highest BCUT2D eigenvalue weighted by Crippen LogP contribution is 2.14. The lowest BCUT2D eigenvalue weighted by atomic mass is 10.1. The number of rotatable bonds is 3. The van der Waals surface area contributed by atoms with Crippen molar-refractivity contribution < 1.29 is 4.79 Å². The topological polar surface area (TPSA) is 68.0 Å². The molecule has 0 atom stereocenters. The van der Waals surface area contributed by atoms with Gasteiger partial charge in [-0.25, -0.2) is 0 Å². The fourth-order valence-corrected chi connectivity index (χ4v) is 1.71. The van der Waals surface area contributed by atoms with Gasteiger partial charge in [-0.2, -0.15) is 0 Å². The molecule has 1 amide bonds. The molecular weight excluding hydrogens is 250 g/mol. The van der Waals surface area contributed by atoms with Gasteiger partial charge in [-0.3, -0.25) is 9.78 Å². The van der Waals surface area contributed by atoms with E-state index >= 15 is 0 Å². The molecule has 2 aromatic rings. The summed E-state index contributed by atoms with van der Waals surface area (Å²) in [6, 6.07) is 12.9. The third kappa shape index (κ3) is 3.94. The fraction of sp³-hybridized carbons (Fsp3) is 0.125. The number of aromatic nitrogens is 1. The molecule has 1 aromatic carbocycles. The van der Waals surface area contributed by atoms with Crippen molar-refractivity contribution in [3.63, 3.8) is 0 Å². The van der Waals surface area contributed by atoms with Crippen LogP contribution in [0.1, 0.15) is 11.3 Å². The first-order valence-corrected chi connectivity index (χ1v) is 6.27. The van der Waals surface area contributed by atoms with Crippen molar-refractivity contribution in [2.45, 2.75) is 6.42 Å². The first-order chi connectivity index (χ1) is 9.79. The first-order valence-electron chi connectivity index (χ1n) is 6.27. The quantitative estimate of drug-likeness (QED) is 0.828. The van der Waals surface area contributed by atoms with Crippen molar-refractivity contribution in [1.82, 2.24) is 4.98 Å². The molecule has 4 heteroatoms. The van der Waals surface area contributed by atoms with Crippen molar-refractivity contribution in [2.24, 2.45) is 5.73 Å². The maximum absolute atomic E-state index is 12.0. The molecule has 0 aliphatic rings. The fourth-order valence-electron chi connectivity index (χ4n) is 1.71. The molecule has 20 heavy (non-hydrogen) atoms. The Morgan fingerprint density at radius 3 is 2.75 bits per heavy atom. The summed E-state index contributed by atoms with van der Waals surface area (Å²) < 4.78 is 0. The second kappa shape index (κ2) is 7.07. The van der Waals surface area contributed by atoms with Gasteiger partial charge in [0.15, 0.2) is 0 Å². The van der Waals surface area contributed by atoms with Crippen molar-refractivity contribution in [1.29, 1.82) is 0 Å². The van der Waals surface area contributed by atoms with Gasteiger partial charge in [0.05, 0.1) is 18.7 Å². The van der Waals surface area contributed by atoms with Gasteiger partial charge < -0.3 is 11.1 Å². The Hall–Kier alpha value is -2.64. The molecular formula is C16H15N3O. The van der Waals surface area contributed by atoms with E-state index in [2.05, 4.69) is 22.1 Å². The molecule has 1 aromatic heterocycles. The highest BCUT2D eigenvalue weighted by Gasteiger charge is 2.06. The molecule has 100 valence electrons. The van der Waals surface area contributed by atoms with Crippen LogP contribution in [-0.2, 0) is 11.2 Å². The number of nitrogens with one attached hydrogen (secondary N) is 1.